The molecule has 0 spiro atoms. The summed E-state index contributed by atoms with van der Waals surface area (Å²) in [6.45, 7) is 1.75. The predicted molar refractivity (Wildman–Crippen MR) is 25.2 cm³/mol. The van der Waals surface area contributed by atoms with E-state index in [0.717, 1.165) is 0 Å². The Bertz CT molecular complexity index is 76.2. The maximum atomic E-state index is 7.86. The number of rotatable bonds is 2. The number of hydrogen-bond donors (Lipinski definition) is 1. The molecule has 0 radical (unpaired) electrons. The molecule has 3 nitrogen and oxygen atoms in total. The average Bonchev–Trinajstić information content (AvgIpc) is 1.68. The Labute approximate surface area is 42.9 Å². The molecule has 0 bridgehead atoms. The van der Waals surface area contributed by atoms with E-state index in [-0.39, 0.29) is 6.23 Å². The van der Waals surface area contributed by atoms with Crippen molar-refractivity contribution in [3.63, 3.8) is 0 Å². The summed E-state index contributed by atoms with van der Waals surface area (Å²) in [5.74, 6) is 0. The van der Waals surface area contributed by atoms with E-state index < -0.39 is 0 Å². The summed E-state index contributed by atoms with van der Waals surface area (Å²) in [5.41, 5.74) is 0. The smallest absolute Gasteiger partial charge is 0.287 e. The zero-order chi connectivity index (χ0) is 5.70. The van der Waals surface area contributed by atoms with Gasteiger partial charge in [-0.3, -0.25) is 5.32 Å². The first kappa shape index (κ1) is 6.25. The van der Waals surface area contributed by atoms with Gasteiger partial charge in [-0.05, 0) is 14.0 Å². The molecule has 40 valence electrons. The maximum Gasteiger partial charge on any atom is 0.287 e. The minimum atomic E-state index is -0.162. The summed E-state index contributed by atoms with van der Waals surface area (Å²) in [5, 5.41) is 10.6. The zero-order valence-electron chi connectivity index (χ0n) is 4.43. The van der Waals surface area contributed by atoms with E-state index in [4.69, 9.17) is 5.26 Å². The third-order valence-corrected chi connectivity index (χ3v) is 0.636. The van der Waals surface area contributed by atoms with Crippen molar-refractivity contribution >= 4 is 0 Å². The van der Waals surface area contributed by atoms with Gasteiger partial charge in [0.05, 0.1) is 0 Å². The van der Waals surface area contributed by atoms with Crippen LogP contribution < -0.4 is 5.32 Å². The molecule has 1 unspecified atom stereocenters. The zero-order valence-corrected chi connectivity index (χ0v) is 4.43. The first-order valence-electron chi connectivity index (χ1n) is 2.03. The molecule has 1 N–H and O–H groups in total. The second kappa shape index (κ2) is 3.44. The summed E-state index contributed by atoms with van der Waals surface area (Å²) >= 11 is 0. The van der Waals surface area contributed by atoms with Crippen LogP contribution in [-0.4, -0.2) is 13.3 Å². The second-order valence-electron chi connectivity index (χ2n) is 1.14. The average molecular weight is 100 g/mol. The number of nitriles is 1. The molecular formula is C4H8N2O. The highest BCUT2D eigenvalue weighted by Gasteiger charge is 1.90. The molecule has 0 fully saturated rings. The summed E-state index contributed by atoms with van der Waals surface area (Å²) in [7, 11) is 1.72. The minimum Gasteiger partial charge on any atom is -0.408 e. The van der Waals surface area contributed by atoms with Gasteiger partial charge in [-0.1, -0.05) is 0 Å². The van der Waals surface area contributed by atoms with Crippen molar-refractivity contribution in [1.29, 1.82) is 5.26 Å². The fraction of sp³-hybridized carbons (Fsp3) is 0.750. The van der Waals surface area contributed by atoms with Crippen molar-refractivity contribution in [1.82, 2.24) is 5.32 Å². The van der Waals surface area contributed by atoms with Crippen molar-refractivity contribution in [2.75, 3.05) is 7.05 Å². The van der Waals surface area contributed by atoms with Gasteiger partial charge in [-0.2, -0.15) is 5.26 Å². The minimum absolute atomic E-state index is 0.162. The molecule has 0 rings (SSSR count). The van der Waals surface area contributed by atoms with Gasteiger partial charge in [0.1, 0.15) is 0 Å². The third kappa shape index (κ3) is 3.07. The van der Waals surface area contributed by atoms with E-state index in [1.165, 1.54) is 0 Å². The van der Waals surface area contributed by atoms with Crippen LogP contribution in [0.5, 0.6) is 0 Å². The highest BCUT2D eigenvalue weighted by atomic mass is 16.5. The number of hydrogen-bond acceptors (Lipinski definition) is 3. The van der Waals surface area contributed by atoms with Crippen LogP contribution in [0.25, 0.3) is 0 Å². The van der Waals surface area contributed by atoms with Gasteiger partial charge < -0.3 is 4.74 Å². The van der Waals surface area contributed by atoms with Crippen molar-refractivity contribution in [3.05, 3.63) is 0 Å². The van der Waals surface area contributed by atoms with Gasteiger partial charge in [-0.15, -0.1) is 0 Å². The van der Waals surface area contributed by atoms with Gasteiger partial charge in [-0.25, -0.2) is 0 Å². The van der Waals surface area contributed by atoms with Crippen LogP contribution in [0.2, 0.25) is 0 Å². The van der Waals surface area contributed by atoms with E-state index in [0.29, 0.717) is 0 Å². The van der Waals surface area contributed by atoms with Gasteiger partial charge in [0.15, 0.2) is 6.23 Å². The first-order chi connectivity index (χ1) is 3.31. The van der Waals surface area contributed by atoms with E-state index in [2.05, 4.69) is 10.1 Å². The lowest BCUT2D eigenvalue weighted by molar-refractivity contribution is 0.153. The van der Waals surface area contributed by atoms with Crippen molar-refractivity contribution in [2.45, 2.75) is 13.2 Å². The Hall–Kier alpha value is -0.750. The van der Waals surface area contributed by atoms with Crippen LogP contribution in [0.15, 0.2) is 0 Å². The normalized spacial score (nSPS) is 12.1. The van der Waals surface area contributed by atoms with Crippen molar-refractivity contribution in [3.8, 4) is 6.26 Å². The number of nitrogens with zero attached hydrogens (tertiary/aromatic N) is 1. The number of nitrogens with one attached hydrogen (secondary N) is 1. The Morgan fingerprint density at radius 2 is 2.43 bits per heavy atom. The van der Waals surface area contributed by atoms with E-state index in [9.17, 15) is 0 Å². The van der Waals surface area contributed by atoms with Gasteiger partial charge in [0, 0.05) is 0 Å². The van der Waals surface area contributed by atoms with Crippen LogP contribution in [0, 0.1) is 11.5 Å². The molecule has 0 aromatic rings. The molecule has 0 saturated heterocycles. The van der Waals surface area contributed by atoms with E-state index >= 15 is 0 Å². The van der Waals surface area contributed by atoms with Crippen molar-refractivity contribution in [2.24, 2.45) is 0 Å². The summed E-state index contributed by atoms with van der Waals surface area (Å²) in [4.78, 5) is 0. The number of ether oxygens (including phenoxy) is 1. The monoisotopic (exact) mass is 100 g/mol. The highest BCUT2D eigenvalue weighted by Crippen LogP contribution is 1.76. The van der Waals surface area contributed by atoms with Gasteiger partial charge in [0.2, 0.25) is 0 Å². The summed E-state index contributed by atoms with van der Waals surface area (Å²) in [6.07, 6.45) is 1.39. The molecule has 0 aromatic heterocycles. The molecule has 0 aliphatic carbocycles. The predicted octanol–water partition coefficient (Wildman–Crippen LogP) is 0.0495. The molecule has 0 aliphatic rings. The van der Waals surface area contributed by atoms with Crippen LogP contribution in [0.4, 0.5) is 0 Å². The highest BCUT2D eigenvalue weighted by molar-refractivity contribution is 4.51. The lowest BCUT2D eigenvalue weighted by Crippen LogP contribution is -2.22. The fourth-order valence-corrected chi connectivity index (χ4v) is 0.138. The summed E-state index contributed by atoms with van der Waals surface area (Å²) < 4.78 is 4.39. The quantitative estimate of drug-likeness (QED) is 0.394. The molecule has 0 amide bonds. The Kier molecular flexibility index (Phi) is 3.07. The fourth-order valence-electron chi connectivity index (χ4n) is 0.138. The topological polar surface area (TPSA) is 45.0 Å². The van der Waals surface area contributed by atoms with E-state index in [1.54, 1.807) is 20.2 Å². The molecule has 0 aromatic carbocycles. The Morgan fingerprint density at radius 3 is 2.57 bits per heavy atom. The molecule has 3 heteroatoms. The Balaban J connectivity index is 3.03. The van der Waals surface area contributed by atoms with Crippen molar-refractivity contribution < 1.29 is 4.74 Å². The first-order valence-corrected chi connectivity index (χ1v) is 2.03. The molecule has 0 heterocycles. The Morgan fingerprint density at radius 1 is 1.86 bits per heavy atom. The standard InChI is InChI=1S/C4H8N2O/c1-4(6-2)7-3-5/h4,6H,1-2H3. The van der Waals surface area contributed by atoms with Crippen LogP contribution in [0.1, 0.15) is 6.92 Å². The molecule has 0 saturated carbocycles. The molecule has 1 atom stereocenters. The molecule has 0 aliphatic heterocycles. The third-order valence-electron chi connectivity index (χ3n) is 0.636. The van der Waals surface area contributed by atoms with Crippen LogP contribution in [0.3, 0.4) is 0 Å². The lowest BCUT2D eigenvalue weighted by atomic mass is 10.7. The van der Waals surface area contributed by atoms with Crippen LogP contribution >= 0.6 is 0 Å². The largest absolute Gasteiger partial charge is 0.408 e. The molecule has 7 heavy (non-hydrogen) atoms. The SMILES string of the molecule is CNC(C)OC#N. The lowest BCUT2D eigenvalue weighted by Gasteiger charge is -2.02. The maximum absolute atomic E-state index is 7.86. The van der Waals surface area contributed by atoms with Crippen LogP contribution in [-0.2, 0) is 4.74 Å². The molecular weight excluding hydrogens is 92.1 g/mol. The van der Waals surface area contributed by atoms with Gasteiger partial charge in [0.25, 0.3) is 6.26 Å². The second-order valence-corrected chi connectivity index (χ2v) is 1.14. The summed E-state index contributed by atoms with van der Waals surface area (Å²) in [6, 6.07) is 0. The van der Waals surface area contributed by atoms with E-state index in [1.807, 2.05) is 0 Å². The van der Waals surface area contributed by atoms with Gasteiger partial charge >= 0.3 is 0 Å².